The molecule has 0 N–H and O–H groups in total. The molecule has 3 rings (SSSR count). The molecule has 1 aromatic heterocycles. The molecule has 0 atom stereocenters. The Balaban J connectivity index is 2.11. The Morgan fingerprint density at radius 3 is 2.29 bits per heavy atom. The molecule has 0 amide bonds. The van der Waals surface area contributed by atoms with E-state index in [9.17, 15) is 4.79 Å². The number of benzene rings is 2. The Kier molecular flexibility index (Phi) is 3.52. The summed E-state index contributed by atoms with van der Waals surface area (Å²) in [6.07, 6.45) is 0. The minimum Gasteiger partial charge on any atom is -0.451 e. The lowest BCUT2D eigenvalue weighted by Gasteiger charge is -2.02. The molecule has 2 nitrogen and oxygen atoms in total. The molecule has 0 saturated heterocycles. The van der Waals surface area contributed by atoms with Crippen molar-refractivity contribution in [1.29, 1.82) is 0 Å². The van der Waals surface area contributed by atoms with Gasteiger partial charge in [0.05, 0.1) is 5.02 Å². The zero-order valence-corrected chi connectivity index (χ0v) is 13.0. The van der Waals surface area contributed by atoms with Crippen molar-refractivity contribution >= 4 is 40.0 Å². The first-order valence-corrected chi connectivity index (χ1v) is 7.21. The third-order valence-electron chi connectivity index (χ3n) is 3.24. The van der Waals surface area contributed by atoms with E-state index in [1.54, 1.807) is 18.2 Å². The standard InChI is InChI=1S/C17H12Cl2O2/c1-9-3-10(2)5-11(4-9)16(20)15-7-12-6-13(18)8-14(19)17(12)21-15/h3-8H,1-2H3. The maximum Gasteiger partial charge on any atom is 0.228 e. The summed E-state index contributed by atoms with van der Waals surface area (Å²) in [6, 6.07) is 10.7. The third kappa shape index (κ3) is 2.69. The topological polar surface area (TPSA) is 30.2 Å². The van der Waals surface area contributed by atoms with Crippen molar-refractivity contribution < 1.29 is 9.21 Å². The van der Waals surface area contributed by atoms with Crippen LogP contribution < -0.4 is 0 Å². The molecule has 0 fully saturated rings. The smallest absolute Gasteiger partial charge is 0.228 e. The predicted octanol–water partition coefficient (Wildman–Crippen LogP) is 5.59. The number of hydrogen-bond donors (Lipinski definition) is 0. The van der Waals surface area contributed by atoms with Crippen LogP contribution in [-0.2, 0) is 0 Å². The van der Waals surface area contributed by atoms with Crippen LogP contribution in [0.1, 0.15) is 27.2 Å². The van der Waals surface area contributed by atoms with E-state index in [1.165, 1.54) is 0 Å². The molecule has 0 spiro atoms. The average molecular weight is 319 g/mol. The molecule has 0 saturated carbocycles. The molecule has 2 aromatic carbocycles. The van der Waals surface area contributed by atoms with Gasteiger partial charge in [0.25, 0.3) is 0 Å². The molecule has 1 heterocycles. The fraction of sp³-hybridized carbons (Fsp3) is 0.118. The summed E-state index contributed by atoms with van der Waals surface area (Å²) in [5.41, 5.74) is 3.16. The zero-order chi connectivity index (χ0) is 15.1. The monoisotopic (exact) mass is 318 g/mol. The molecule has 0 aliphatic rings. The maximum absolute atomic E-state index is 12.5. The fourth-order valence-electron chi connectivity index (χ4n) is 2.44. The summed E-state index contributed by atoms with van der Waals surface area (Å²) in [4.78, 5) is 12.5. The largest absolute Gasteiger partial charge is 0.451 e. The van der Waals surface area contributed by atoms with Gasteiger partial charge in [-0.2, -0.15) is 0 Å². The average Bonchev–Trinajstić information content (AvgIpc) is 2.80. The Hall–Kier alpha value is -1.77. The summed E-state index contributed by atoms with van der Waals surface area (Å²) in [5.74, 6) is 0.101. The molecular weight excluding hydrogens is 307 g/mol. The van der Waals surface area contributed by atoms with Crippen LogP contribution >= 0.6 is 23.2 Å². The van der Waals surface area contributed by atoms with E-state index in [4.69, 9.17) is 27.6 Å². The summed E-state index contributed by atoms with van der Waals surface area (Å²) in [6.45, 7) is 3.91. The summed E-state index contributed by atoms with van der Waals surface area (Å²) in [5, 5.41) is 1.64. The van der Waals surface area contributed by atoms with E-state index in [-0.39, 0.29) is 11.5 Å². The number of carbonyl (C=O) groups excluding carboxylic acids is 1. The molecule has 0 aliphatic heterocycles. The van der Waals surface area contributed by atoms with Gasteiger partial charge in [0, 0.05) is 16.0 Å². The Morgan fingerprint density at radius 2 is 1.62 bits per heavy atom. The molecule has 0 bridgehead atoms. The fourth-order valence-corrected chi connectivity index (χ4v) is 2.98. The molecule has 0 radical (unpaired) electrons. The van der Waals surface area contributed by atoms with Gasteiger partial charge >= 0.3 is 0 Å². The quantitative estimate of drug-likeness (QED) is 0.577. The Morgan fingerprint density at radius 1 is 0.952 bits per heavy atom. The number of hydrogen-bond acceptors (Lipinski definition) is 2. The highest BCUT2D eigenvalue weighted by Crippen LogP contribution is 2.31. The minimum absolute atomic E-state index is 0.162. The first-order chi connectivity index (χ1) is 9.94. The van der Waals surface area contributed by atoms with Gasteiger partial charge in [-0.05, 0) is 44.2 Å². The third-order valence-corrected chi connectivity index (χ3v) is 3.74. The second-order valence-electron chi connectivity index (χ2n) is 5.12. The van der Waals surface area contributed by atoms with Crippen LogP contribution in [0.3, 0.4) is 0 Å². The second-order valence-corrected chi connectivity index (χ2v) is 5.97. The molecule has 3 aromatic rings. The van der Waals surface area contributed by atoms with Gasteiger partial charge in [-0.1, -0.05) is 40.4 Å². The van der Waals surface area contributed by atoms with E-state index in [1.807, 2.05) is 32.0 Å². The first kappa shape index (κ1) is 14.2. The van der Waals surface area contributed by atoms with Crippen molar-refractivity contribution in [2.75, 3.05) is 0 Å². The molecule has 4 heteroatoms. The van der Waals surface area contributed by atoms with Crippen LogP contribution in [0.2, 0.25) is 10.0 Å². The Bertz CT molecular complexity index is 842. The SMILES string of the molecule is Cc1cc(C)cc(C(=O)c2cc3cc(Cl)cc(Cl)c3o2)c1. The highest BCUT2D eigenvalue weighted by atomic mass is 35.5. The van der Waals surface area contributed by atoms with Crippen molar-refractivity contribution in [3.8, 4) is 0 Å². The number of ketones is 1. The summed E-state index contributed by atoms with van der Waals surface area (Å²) in [7, 11) is 0. The van der Waals surface area contributed by atoms with Crippen molar-refractivity contribution in [2.24, 2.45) is 0 Å². The molecule has 0 unspecified atom stereocenters. The number of aryl methyl sites for hydroxylation is 2. The minimum atomic E-state index is -0.162. The van der Waals surface area contributed by atoms with Gasteiger partial charge < -0.3 is 4.42 Å². The van der Waals surface area contributed by atoms with Crippen LogP contribution in [0.5, 0.6) is 0 Å². The number of rotatable bonds is 2. The van der Waals surface area contributed by atoms with Crippen molar-refractivity contribution in [3.05, 3.63) is 68.9 Å². The van der Waals surface area contributed by atoms with Crippen LogP contribution in [0, 0.1) is 13.8 Å². The van der Waals surface area contributed by atoms with Gasteiger partial charge in [0.15, 0.2) is 11.3 Å². The van der Waals surface area contributed by atoms with Gasteiger partial charge in [-0.25, -0.2) is 0 Å². The van der Waals surface area contributed by atoms with Crippen molar-refractivity contribution in [3.63, 3.8) is 0 Å². The van der Waals surface area contributed by atoms with Crippen molar-refractivity contribution in [1.82, 2.24) is 0 Å². The van der Waals surface area contributed by atoms with E-state index >= 15 is 0 Å². The first-order valence-electron chi connectivity index (χ1n) is 6.45. The van der Waals surface area contributed by atoms with E-state index < -0.39 is 0 Å². The predicted molar refractivity (Wildman–Crippen MR) is 85.6 cm³/mol. The molecular formula is C17H12Cl2O2. The molecule has 106 valence electrons. The maximum atomic E-state index is 12.5. The molecule has 0 aliphatic carbocycles. The summed E-state index contributed by atoms with van der Waals surface area (Å²) >= 11 is 12.0. The van der Waals surface area contributed by atoms with Crippen LogP contribution in [-0.4, -0.2) is 5.78 Å². The Labute approximate surface area is 132 Å². The van der Waals surface area contributed by atoms with Crippen LogP contribution in [0.15, 0.2) is 40.8 Å². The number of furan rings is 1. The van der Waals surface area contributed by atoms with Gasteiger partial charge in [-0.15, -0.1) is 0 Å². The van der Waals surface area contributed by atoms with Crippen molar-refractivity contribution in [2.45, 2.75) is 13.8 Å². The van der Waals surface area contributed by atoms with Gasteiger partial charge in [-0.3, -0.25) is 4.79 Å². The highest BCUT2D eigenvalue weighted by molar-refractivity contribution is 6.38. The summed E-state index contributed by atoms with van der Waals surface area (Å²) < 4.78 is 5.61. The number of halogens is 2. The second kappa shape index (κ2) is 5.21. The van der Waals surface area contributed by atoms with Crippen LogP contribution in [0.25, 0.3) is 11.0 Å². The lowest BCUT2D eigenvalue weighted by atomic mass is 10.0. The normalized spacial score (nSPS) is 11.0. The molecule has 21 heavy (non-hydrogen) atoms. The van der Waals surface area contributed by atoms with Gasteiger partial charge in [0.1, 0.15) is 0 Å². The number of fused-ring (bicyclic) bond motifs is 1. The van der Waals surface area contributed by atoms with E-state index in [0.29, 0.717) is 21.2 Å². The van der Waals surface area contributed by atoms with E-state index in [2.05, 4.69) is 0 Å². The number of carbonyl (C=O) groups is 1. The highest BCUT2D eigenvalue weighted by Gasteiger charge is 2.17. The van der Waals surface area contributed by atoms with Crippen LogP contribution in [0.4, 0.5) is 0 Å². The van der Waals surface area contributed by atoms with Gasteiger partial charge in [0.2, 0.25) is 5.78 Å². The zero-order valence-electron chi connectivity index (χ0n) is 11.5. The lowest BCUT2D eigenvalue weighted by molar-refractivity contribution is 0.101. The van der Waals surface area contributed by atoms with E-state index in [0.717, 1.165) is 16.5 Å². The lowest BCUT2D eigenvalue weighted by Crippen LogP contribution is -2.00.